The third kappa shape index (κ3) is 3.31. The second kappa shape index (κ2) is 7.56. The van der Waals surface area contributed by atoms with Crippen LogP contribution >= 0.6 is 0 Å². The lowest BCUT2D eigenvalue weighted by molar-refractivity contribution is -0.140. The maximum Gasteiger partial charge on any atom is 0.295 e. The van der Waals surface area contributed by atoms with Crippen LogP contribution in [0.15, 0.2) is 48.0 Å². The lowest BCUT2D eigenvalue weighted by Gasteiger charge is -2.25. The molecular formula is C21H18FNO6. The number of fused-ring (bicyclic) bond motifs is 1. The van der Waals surface area contributed by atoms with Crippen molar-refractivity contribution in [2.45, 2.75) is 6.04 Å². The number of ether oxygens (including phenoxy) is 3. The zero-order valence-corrected chi connectivity index (χ0v) is 15.6. The van der Waals surface area contributed by atoms with Crippen LogP contribution in [0.3, 0.4) is 0 Å². The number of ketones is 1. The van der Waals surface area contributed by atoms with Gasteiger partial charge in [-0.25, -0.2) is 4.39 Å². The van der Waals surface area contributed by atoms with Crippen molar-refractivity contribution in [1.82, 2.24) is 4.90 Å². The summed E-state index contributed by atoms with van der Waals surface area (Å²) in [6.45, 7) is 0.409. The molecule has 1 atom stereocenters. The monoisotopic (exact) mass is 399 g/mol. The Morgan fingerprint density at radius 2 is 1.90 bits per heavy atom. The van der Waals surface area contributed by atoms with Gasteiger partial charge in [-0.05, 0) is 35.9 Å². The standard InChI is InChI=1S/C21H18FNO6/c1-27-9-8-23-18(12-2-5-14(22)6-3-12)17(20(25)21(23)26)19(24)13-4-7-15-16(10-13)29-11-28-15/h2-7,10,18,24H,8-9,11H2,1H3/b19-17-. The molecule has 7 nitrogen and oxygen atoms in total. The van der Waals surface area contributed by atoms with Crippen molar-refractivity contribution in [3.8, 4) is 11.5 Å². The predicted molar refractivity (Wildman–Crippen MR) is 99.9 cm³/mol. The van der Waals surface area contributed by atoms with Gasteiger partial charge in [0.15, 0.2) is 11.5 Å². The molecule has 8 heteroatoms. The predicted octanol–water partition coefficient (Wildman–Crippen LogP) is 2.62. The number of aliphatic hydroxyl groups is 1. The van der Waals surface area contributed by atoms with E-state index in [0.29, 0.717) is 22.6 Å². The Hall–Kier alpha value is -3.39. The van der Waals surface area contributed by atoms with Gasteiger partial charge in [0.2, 0.25) is 6.79 Å². The SMILES string of the molecule is COCCN1C(=O)C(=O)/C(=C(\O)c2ccc3c(c2)OCO3)C1c1ccc(F)cc1. The fraction of sp³-hybridized carbons (Fsp3) is 0.238. The maximum absolute atomic E-state index is 13.4. The van der Waals surface area contributed by atoms with Crippen molar-refractivity contribution >= 4 is 17.4 Å². The topological polar surface area (TPSA) is 85.3 Å². The lowest BCUT2D eigenvalue weighted by atomic mass is 9.95. The molecule has 0 saturated carbocycles. The van der Waals surface area contributed by atoms with Crippen LogP contribution in [0.1, 0.15) is 17.2 Å². The van der Waals surface area contributed by atoms with Crippen molar-refractivity contribution in [1.29, 1.82) is 0 Å². The third-order valence-electron chi connectivity index (χ3n) is 4.91. The summed E-state index contributed by atoms with van der Waals surface area (Å²) in [6.07, 6.45) is 0. The van der Waals surface area contributed by atoms with Gasteiger partial charge in [0, 0.05) is 19.2 Å². The number of likely N-dealkylation sites (tertiary alicyclic amines) is 1. The summed E-state index contributed by atoms with van der Waals surface area (Å²) in [5.41, 5.74) is 0.742. The Bertz CT molecular complexity index is 1000. The van der Waals surface area contributed by atoms with Gasteiger partial charge in [-0.3, -0.25) is 9.59 Å². The number of aliphatic hydroxyl groups excluding tert-OH is 1. The summed E-state index contributed by atoms with van der Waals surface area (Å²) in [5.74, 6) is -1.39. The van der Waals surface area contributed by atoms with Crippen molar-refractivity contribution < 1.29 is 33.3 Å². The van der Waals surface area contributed by atoms with E-state index in [1.54, 1.807) is 18.2 Å². The van der Waals surface area contributed by atoms with E-state index in [1.807, 2.05) is 0 Å². The van der Waals surface area contributed by atoms with Gasteiger partial charge < -0.3 is 24.2 Å². The molecule has 150 valence electrons. The average molecular weight is 399 g/mol. The van der Waals surface area contributed by atoms with Crippen molar-refractivity contribution in [2.24, 2.45) is 0 Å². The van der Waals surface area contributed by atoms with E-state index >= 15 is 0 Å². The van der Waals surface area contributed by atoms with Gasteiger partial charge in [-0.15, -0.1) is 0 Å². The number of amides is 1. The molecule has 2 aliphatic rings. The van der Waals surface area contributed by atoms with E-state index in [2.05, 4.69) is 0 Å². The molecule has 0 radical (unpaired) electrons. The summed E-state index contributed by atoms with van der Waals surface area (Å²) < 4.78 is 29.1. The highest BCUT2D eigenvalue weighted by atomic mass is 19.1. The quantitative estimate of drug-likeness (QED) is 0.473. The summed E-state index contributed by atoms with van der Waals surface area (Å²) in [4.78, 5) is 26.8. The molecule has 2 aromatic rings. The second-order valence-electron chi connectivity index (χ2n) is 6.60. The zero-order valence-electron chi connectivity index (χ0n) is 15.6. The van der Waals surface area contributed by atoms with Crippen molar-refractivity contribution in [3.05, 3.63) is 65.0 Å². The number of nitrogens with zero attached hydrogens (tertiary/aromatic N) is 1. The summed E-state index contributed by atoms with van der Waals surface area (Å²) >= 11 is 0. The highest BCUT2D eigenvalue weighted by Gasteiger charge is 2.45. The molecule has 1 saturated heterocycles. The molecule has 29 heavy (non-hydrogen) atoms. The Morgan fingerprint density at radius 1 is 1.17 bits per heavy atom. The number of methoxy groups -OCH3 is 1. The minimum Gasteiger partial charge on any atom is -0.507 e. The minimum atomic E-state index is -0.865. The molecule has 4 rings (SSSR count). The number of carbonyl (C=O) groups is 2. The molecule has 1 unspecified atom stereocenters. The van der Waals surface area contributed by atoms with Crippen molar-refractivity contribution in [2.75, 3.05) is 27.1 Å². The van der Waals surface area contributed by atoms with Crippen LogP contribution < -0.4 is 9.47 Å². The fourth-order valence-corrected chi connectivity index (χ4v) is 3.49. The van der Waals surface area contributed by atoms with Crippen LogP contribution in [-0.2, 0) is 14.3 Å². The Balaban J connectivity index is 1.83. The third-order valence-corrected chi connectivity index (χ3v) is 4.91. The number of benzene rings is 2. The van der Waals surface area contributed by atoms with Gasteiger partial charge >= 0.3 is 0 Å². The van der Waals surface area contributed by atoms with Gasteiger partial charge in [-0.2, -0.15) is 0 Å². The van der Waals surface area contributed by atoms with E-state index in [0.717, 1.165) is 0 Å². The number of Topliss-reactive ketones (excluding diaryl/α,β-unsaturated/α-hetero) is 1. The number of carbonyl (C=O) groups excluding carboxylic acids is 2. The molecule has 0 bridgehead atoms. The molecule has 0 aromatic heterocycles. The normalized spacial score (nSPS) is 19.8. The first kappa shape index (κ1) is 18.9. The Kier molecular flexibility index (Phi) is 4.94. The molecule has 0 aliphatic carbocycles. The molecular weight excluding hydrogens is 381 g/mol. The number of hydrogen-bond donors (Lipinski definition) is 1. The molecule has 0 spiro atoms. The highest BCUT2D eigenvalue weighted by molar-refractivity contribution is 6.46. The largest absolute Gasteiger partial charge is 0.507 e. The first-order valence-corrected chi connectivity index (χ1v) is 8.94. The first-order chi connectivity index (χ1) is 14.0. The van der Waals surface area contributed by atoms with E-state index in [4.69, 9.17) is 14.2 Å². The van der Waals surface area contributed by atoms with Gasteiger partial charge in [0.05, 0.1) is 18.2 Å². The Morgan fingerprint density at radius 3 is 2.62 bits per heavy atom. The highest BCUT2D eigenvalue weighted by Crippen LogP contribution is 2.41. The molecule has 2 aromatic carbocycles. The van der Waals surface area contributed by atoms with Gasteiger partial charge in [0.1, 0.15) is 11.6 Å². The van der Waals surface area contributed by atoms with E-state index in [-0.39, 0.29) is 31.3 Å². The van der Waals surface area contributed by atoms with E-state index in [9.17, 15) is 19.1 Å². The molecule has 2 heterocycles. The number of rotatable bonds is 5. The second-order valence-corrected chi connectivity index (χ2v) is 6.60. The molecule has 1 N–H and O–H groups in total. The van der Waals surface area contributed by atoms with E-state index in [1.165, 1.54) is 36.3 Å². The van der Waals surface area contributed by atoms with Crippen LogP contribution in [0.25, 0.3) is 5.76 Å². The minimum absolute atomic E-state index is 0.0660. The van der Waals surface area contributed by atoms with Crippen LogP contribution in [-0.4, -0.2) is 48.8 Å². The van der Waals surface area contributed by atoms with Crippen LogP contribution in [0, 0.1) is 5.82 Å². The van der Waals surface area contributed by atoms with Crippen molar-refractivity contribution in [3.63, 3.8) is 0 Å². The summed E-state index contributed by atoms with van der Waals surface area (Å²) in [6, 6.07) is 9.33. The smallest absolute Gasteiger partial charge is 0.295 e. The summed E-state index contributed by atoms with van der Waals surface area (Å²) in [5, 5.41) is 10.9. The first-order valence-electron chi connectivity index (χ1n) is 8.94. The average Bonchev–Trinajstić information content (AvgIpc) is 3.29. The maximum atomic E-state index is 13.4. The zero-order chi connectivity index (χ0) is 20.5. The van der Waals surface area contributed by atoms with Crippen LogP contribution in [0.4, 0.5) is 4.39 Å². The van der Waals surface area contributed by atoms with E-state index < -0.39 is 23.5 Å². The van der Waals surface area contributed by atoms with Crippen LogP contribution in [0.2, 0.25) is 0 Å². The molecule has 1 fully saturated rings. The molecule has 1 amide bonds. The van der Waals surface area contributed by atoms with Gasteiger partial charge in [0.25, 0.3) is 11.7 Å². The summed E-state index contributed by atoms with van der Waals surface area (Å²) in [7, 11) is 1.48. The number of hydrogen-bond acceptors (Lipinski definition) is 6. The van der Waals surface area contributed by atoms with Crippen LogP contribution in [0.5, 0.6) is 11.5 Å². The Labute approximate surface area is 165 Å². The molecule has 2 aliphatic heterocycles. The van der Waals surface area contributed by atoms with Gasteiger partial charge in [-0.1, -0.05) is 12.1 Å². The fourth-order valence-electron chi connectivity index (χ4n) is 3.49. The number of halogens is 1. The lowest BCUT2D eigenvalue weighted by Crippen LogP contribution is -2.32.